The molecule has 0 bridgehead atoms. The molecule has 2 heterocycles. The van der Waals surface area contributed by atoms with Crippen molar-refractivity contribution in [2.45, 2.75) is 50.4 Å². The molecule has 0 radical (unpaired) electrons. The predicted molar refractivity (Wildman–Crippen MR) is 74.4 cm³/mol. The summed E-state index contributed by atoms with van der Waals surface area (Å²) in [4.78, 5) is 0. The number of hydrogen-bond acceptors (Lipinski definition) is 3. The molecule has 1 aromatic heterocycles. The molecular weight excluding hydrogens is 230 g/mol. The van der Waals surface area contributed by atoms with Gasteiger partial charge in [0.25, 0.3) is 0 Å². The average Bonchev–Trinajstić information content (AvgIpc) is 2.81. The zero-order valence-corrected chi connectivity index (χ0v) is 11.7. The van der Waals surface area contributed by atoms with Crippen LogP contribution < -0.4 is 5.32 Å². The van der Waals surface area contributed by atoms with Crippen LogP contribution in [-0.2, 0) is 6.54 Å². The van der Waals surface area contributed by atoms with Gasteiger partial charge in [0.1, 0.15) is 0 Å². The molecular formula is C13H23N3S. The van der Waals surface area contributed by atoms with Crippen LogP contribution in [0.3, 0.4) is 0 Å². The van der Waals surface area contributed by atoms with Crippen molar-refractivity contribution < 1.29 is 0 Å². The molecule has 1 fully saturated rings. The van der Waals surface area contributed by atoms with E-state index in [0.717, 1.165) is 13.0 Å². The summed E-state index contributed by atoms with van der Waals surface area (Å²) < 4.78 is 2.06. The van der Waals surface area contributed by atoms with Crippen LogP contribution in [0.25, 0.3) is 0 Å². The summed E-state index contributed by atoms with van der Waals surface area (Å²) in [5, 5.41) is 8.62. The van der Waals surface area contributed by atoms with E-state index in [4.69, 9.17) is 0 Å². The van der Waals surface area contributed by atoms with Crippen LogP contribution in [-0.4, -0.2) is 27.8 Å². The Morgan fingerprint density at radius 2 is 2.47 bits per heavy atom. The lowest BCUT2D eigenvalue weighted by Gasteiger charge is -2.28. The highest BCUT2D eigenvalue weighted by molar-refractivity contribution is 8.00. The van der Waals surface area contributed by atoms with Gasteiger partial charge < -0.3 is 5.32 Å². The van der Waals surface area contributed by atoms with E-state index in [9.17, 15) is 0 Å². The molecule has 0 saturated carbocycles. The molecule has 1 aliphatic heterocycles. The second kappa shape index (κ2) is 6.45. The van der Waals surface area contributed by atoms with E-state index in [1.165, 1.54) is 30.6 Å². The molecule has 2 atom stereocenters. The second-order valence-corrected chi connectivity index (χ2v) is 6.06. The van der Waals surface area contributed by atoms with Crippen molar-refractivity contribution in [2.24, 2.45) is 0 Å². The van der Waals surface area contributed by atoms with Gasteiger partial charge in [0, 0.05) is 29.6 Å². The number of nitrogens with zero attached hydrogens (tertiary/aromatic N) is 2. The molecule has 1 aliphatic rings. The minimum absolute atomic E-state index is 0.464. The Labute approximate surface area is 108 Å². The maximum atomic E-state index is 4.44. The van der Waals surface area contributed by atoms with Gasteiger partial charge in [-0.1, -0.05) is 13.3 Å². The summed E-state index contributed by atoms with van der Waals surface area (Å²) in [6, 6.07) is 0.464. The summed E-state index contributed by atoms with van der Waals surface area (Å²) in [5.41, 5.74) is 1.35. The van der Waals surface area contributed by atoms with Crippen molar-refractivity contribution in [2.75, 3.05) is 12.8 Å². The quantitative estimate of drug-likeness (QED) is 0.875. The lowest BCUT2D eigenvalue weighted by Crippen LogP contribution is -2.29. The lowest BCUT2D eigenvalue weighted by molar-refractivity contribution is 0.515. The van der Waals surface area contributed by atoms with Crippen molar-refractivity contribution in [1.29, 1.82) is 0 Å². The zero-order valence-electron chi connectivity index (χ0n) is 10.9. The van der Waals surface area contributed by atoms with Crippen LogP contribution in [0, 0.1) is 0 Å². The molecule has 1 saturated heterocycles. The van der Waals surface area contributed by atoms with Gasteiger partial charge >= 0.3 is 0 Å². The first-order chi connectivity index (χ1) is 8.35. The topological polar surface area (TPSA) is 29.9 Å². The number of hydrogen-bond donors (Lipinski definition) is 1. The highest BCUT2D eigenvalue weighted by atomic mass is 32.2. The Morgan fingerprint density at radius 3 is 3.12 bits per heavy atom. The predicted octanol–water partition coefficient (Wildman–Crippen LogP) is 2.84. The SMILES string of the molecule is CCCn1cc(C(NC)C2CCCCS2)cn1. The minimum Gasteiger partial charge on any atom is -0.312 e. The largest absolute Gasteiger partial charge is 0.312 e. The van der Waals surface area contributed by atoms with Gasteiger partial charge in [-0.15, -0.1) is 0 Å². The van der Waals surface area contributed by atoms with Gasteiger partial charge in [-0.25, -0.2) is 0 Å². The number of thioether (sulfide) groups is 1. The molecule has 0 spiro atoms. The molecule has 4 heteroatoms. The summed E-state index contributed by atoms with van der Waals surface area (Å²) in [6.45, 7) is 3.21. The van der Waals surface area contributed by atoms with Gasteiger partial charge in [-0.3, -0.25) is 4.68 Å². The Kier molecular flexibility index (Phi) is 4.92. The van der Waals surface area contributed by atoms with Crippen LogP contribution in [0.1, 0.15) is 44.2 Å². The van der Waals surface area contributed by atoms with Gasteiger partial charge in [0.05, 0.1) is 6.20 Å². The van der Waals surface area contributed by atoms with E-state index in [0.29, 0.717) is 11.3 Å². The molecule has 17 heavy (non-hydrogen) atoms. The van der Waals surface area contributed by atoms with Gasteiger partial charge in [-0.2, -0.15) is 16.9 Å². The molecule has 3 nitrogen and oxygen atoms in total. The fourth-order valence-corrected chi connectivity index (χ4v) is 3.98. The fourth-order valence-electron chi connectivity index (χ4n) is 2.49. The van der Waals surface area contributed by atoms with E-state index >= 15 is 0 Å². The Hall–Kier alpha value is -0.480. The van der Waals surface area contributed by atoms with Crippen molar-refractivity contribution in [3.05, 3.63) is 18.0 Å². The molecule has 0 aromatic carbocycles. The molecule has 0 aliphatic carbocycles. The molecule has 1 aromatic rings. The zero-order chi connectivity index (χ0) is 12.1. The normalized spacial score (nSPS) is 22.6. The summed E-state index contributed by atoms with van der Waals surface area (Å²) in [7, 11) is 2.07. The Bertz CT molecular complexity index is 331. The molecule has 2 unspecified atom stereocenters. The second-order valence-electron chi connectivity index (χ2n) is 4.71. The highest BCUT2D eigenvalue weighted by Gasteiger charge is 2.25. The van der Waals surface area contributed by atoms with Crippen molar-refractivity contribution in [3.63, 3.8) is 0 Å². The first-order valence-electron chi connectivity index (χ1n) is 6.66. The van der Waals surface area contributed by atoms with Crippen molar-refractivity contribution >= 4 is 11.8 Å². The maximum absolute atomic E-state index is 4.44. The van der Waals surface area contributed by atoms with Crippen LogP contribution >= 0.6 is 11.8 Å². The average molecular weight is 253 g/mol. The van der Waals surface area contributed by atoms with E-state index < -0.39 is 0 Å². The molecule has 2 rings (SSSR count). The Morgan fingerprint density at radius 1 is 1.59 bits per heavy atom. The minimum atomic E-state index is 0.464. The van der Waals surface area contributed by atoms with Gasteiger partial charge in [0.15, 0.2) is 0 Å². The first kappa shape index (κ1) is 13.0. The van der Waals surface area contributed by atoms with Gasteiger partial charge in [0.2, 0.25) is 0 Å². The monoisotopic (exact) mass is 253 g/mol. The van der Waals surface area contributed by atoms with Crippen molar-refractivity contribution in [1.82, 2.24) is 15.1 Å². The third-order valence-electron chi connectivity index (χ3n) is 3.36. The summed E-state index contributed by atoms with van der Waals surface area (Å²) in [5.74, 6) is 1.31. The third-order valence-corrected chi connectivity index (χ3v) is 4.82. The number of rotatable bonds is 5. The highest BCUT2D eigenvalue weighted by Crippen LogP contribution is 2.34. The molecule has 0 amide bonds. The molecule has 1 N–H and O–H groups in total. The van der Waals surface area contributed by atoms with E-state index in [-0.39, 0.29) is 0 Å². The number of aromatic nitrogens is 2. The Balaban J connectivity index is 2.04. The smallest absolute Gasteiger partial charge is 0.0538 e. The van der Waals surface area contributed by atoms with Crippen molar-refractivity contribution in [3.8, 4) is 0 Å². The third kappa shape index (κ3) is 3.26. The number of aryl methyl sites for hydroxylation is 1. The summed E-state index contributed by atoms with van der Waals surface area (Å²) in [6.07, 6.45) is 9.47. The van der Waals surface area contributed by atoms with Gasteiger partial charge in [-0.05, 0) is 32.1 Å². The van der Waals surface area contributed by atoms with E-state index in [1.807, 2.05) is 6.20 Å². The summed E-state index contributed by atoms with van der Waals surface area (Å²) >= 11 is 2.11. The van der Waals surface area contributed by atoms with Crippen LogP contribution in [0.15, 0.2) is 12.4 Å². The number of nitrogens with one attached hydrogen (secondary N) is 1. The first-order valence-corrected chi connectivity index (χ1v) is 7.71. The van der Waals surface area contributed by atoms with Crippen LogP contribution in [0.4, 0.5) is 0 Å². The molecule has 96 valence electrons. The maximum Gasteiger partial charge on any atom is 0.0538 e. The fraction of sp³-hybridized carbons (Fsp3) is 0.769. The van der Waals surface area contributed by atoms with E-state index in [2.05, 4.69) is 47.0 Å². The van der Waals surface area contributed by atoms with E-state index in [1.54, 1.807) is 0 Å². The van der Waals surface area contributed by atoms with Crippen LogP contribution in [0.5, 0.6) is 0 Å². The lowest BCUT2D eigenvalue weighted by atomic mass is 10.0. The van der Waals surface area contributed by atoms with Crippen LogP contribution in [0.2, 0.25) is 0 Å². The standard InChI is InChI=1S/C13H23N3S/c1-3-7-16-10-11(9-15-16)13(14-2)12-6-4-5-8-17-12/h9-10,12-14H,3-8H2,1-2H3.